The van der Waals surface area contributed by atoms with Crippen molar-refractivity contribution >= 4 is 41.0 Å². The minimum absolute atomic E-state index is 0.000260. The Balaban J connectivity index is 1.61. The van der Waals surface area contributed by atoms with Crippen LogP contribution in [0.4, 0.5) is 0 Å². The summed E-state index contributed by atoms with van der Waals surface area (Å²) in [7, 11) is 0. The average molecular weight is 511 g/mol. The number of rotatable bonds is 12. The molecule has 0 fully saturated rings. The van der Waals surface area contributed by atoms with Crippen molar-refractivity contribution in [2.24, 2.45) is 37.9 Å². The summed E-state index contributed by atoms with van der Waals surface area (Å²) < 4.78 is 0. The topological polar surface area (TPSA) is 194 Å². The highest BCUT2D eigenvalue weighted by molar-refractivity contribution is 7.80. The van der Waals surface area contributed by atoms with E-state index in [0.29, 0.717) is 55.4 Å². The van der Waals surface area contributed by atoms with Crippen molar-refractivity contribution in [1.82, 2.24) is 16.0 Å². The maximum absolute atomic E-state index is 12.5. The van der Waals surface area contributed by atoms with Crippen LogP contribution in [-0.2, 0) is 6.54 Å². The molecule has 0 unspecified atom stereocenters. The van der Waals surface area contributed by atoms with E-state index >= 15 is 0 Å². The molecule has 0 saturated carbocycles. The molecule has 12 heteroatoms. The summed E-state index contributed by atoms with van der Waals surface area (Å²) in [5.41, 5.74) is 24.4. The maximum atomic E-state index is 12.5. The van der Waals surface area contributed by atoms with Crippen LogP contribution in [0.2, 0.25) is 0 Å². The van der Waals surface area contributed by atoms with Gasteiger partial charge < -0.3 is 33.6 Å². The van der Waals surface area contributed by atoms with Crippen molar-refractivity contribution in [3.05, 3.63) is 71.3 Å². The monoisotopic (exact) mass is 510 g/mol. The molecule has 0 heterocycles. The molecule has 2 aromatic rings. The largest absolute Gasteiger partial charge is 0.370 e. The number of nitrogens with two attached hydrogens (primary N) is 4. The lowest BCUT2D eigenvalue weighted by Crippen LogP contribution is -2.42. The fourth-order valence-corrected chi connectivity index (χ4v) is 3.12. The van der Waals surface area contributed by atoms with Crippen LogP contribution in [0, 0.1) is 0 Å². The number of ketones is 1. The Kier molecular flexibility index (Phi) is 12.2. The van der Waals surface area contributed by atoms with Gasteiger partial charge in [-0.15, -0.1) is 0 Å². The molecular weight excluding hydrogens is 476 g/mol. The first-order valence-electron chi connectivity index (χ1n) is 11.5. The molecule has 2 rings (SSSR count). The van der Waals surface area contributed by atoms with E-state index in [1.807, 2.05) is 54.6 Å². The Morgan fingerprint density at radius 3 is 1.97 bits per heavy atom. The van der Waals surface area contributed by atoms with E-state index in [0.717, 1.165) is 12.0 Å². The Labute approximate surface area is 216 Å². The Hall–Kier alpha value is -4.19. The Bertz CT molecular complexity index is 1060. The van der Waals surface area contributed by atoms with E-state index in [-0.39, 0.29) is 23.7 Å². The summed E-state index contributed by atoms with van der Waals surface area (Å²) in [4.78, 5) is 24.7. The lowest BCUT2D eigenvalue weighted by atomic mass is 10.0. The number of nitrogens with zero attached hydrogens (tertiary/aromatic N) is 3. The smallest absolute Gasteiger partial charge is 0.195 e. The predicted molar refractivity (Wildman–Crippen MR) is 150 cm³/mol. The summed E-state index contributed by atoms with van der Waals surface area (Å²) in [6.45, 7) is 2.61. The van der Waals surface area contributed by atoms with Gasteiger partial charge in [0.1, 0.15) is 0 Å². The molecule has 2 aromatic carbocycles. The third kappa shape index (κ3) is 11.3. The van der Waals surface area contributed by atoms with Gasteiger partial charge in [0, 0.05) is 43.9 Å². The zero-order valence-corrected chi connectivity index (χ0v) is 20.9. The van der Waals surface area contributed by atoms with Crippen LogP contribution < -0.4 is 38.9 Å². The van der Waals surface area contributed by atoms with Crippen LogP contribution >= 0.6 is 12.2 Å². The predicted octanol–water partition coefficient (Wildman–Crippen LogP) is 0.154. The van der Waals surface area contributed by atoms with Crippen molar-refractivity contribution in [3.63, 3.8) is 0 Å². The number of nitrogens with one attached hydrogen (secondary N) is 3. The van der Waals surface area contributed by atoms with Crippen LogP contribution in [0.5, 0.6) is 0 Å². The van der Waals surface area contributed by atoms with Gasteiger partial charge >= 0.3 is 0 Å². The average Bonchev–Trinajstić information content (AvgIpc) is 2.87. The molecule has 0 aliphatic carbocycles. The zero-order chi connectivity index (χ0) is 26.2. The molecule has 11 N–H and O–H groups in total. The summed E-state index contributed by atoms with van der Waals surface area (Å²) in [5.74, 6) is 0.424. The SMILES string of the molecule is NC(N)=NCCCN=C(N)NC(N)=NCCCNC(=S)NCc1ccc(C(=O)c2ccccc2)cc1. The van der Waals surface area contributed by atoms with Gasteiger partial charge in [-0.25, -0.2) is 0 Å². The number of hydrogen-bond donors (Lipinski definition) is 7. The van der Waals surface area contributed by atoms with Gasteiger partial charge in [0.05, 0.1) is 0 Å². The number of carbonyl (C=O) groups excluding carboxylic acids is 1. The van der Waals surface area contributed by atoms with E-state index in [1.165, 1.54) is 0 Å². The second kappa shape index (κ2) is 15.7. The highest BCUT2D eigenvalue weighted by Crippen LogP contribution is 2.11. The van der Waals surface area contributed by atoms with Crippen molar-refractivity contribution in [1.29, 1.82) is 0 Å². The second-order valence-electron chi connectivity index (χ2n) is 7.67. The van der Waals surface area contributed by atoms with E-state index in [2.05, 4.69) is 30.9 Å². The first-order chi connectivity index (χ1) is 17.3. The summed E-state index contributed by atoms with van der Waals surface area (Å²) in [6, 6.07) is 16.7. The number of thiocarbonyl (C=S) groups is 1. The molecular formula is C24H34N10OS. The zero-order valence-electron chi connectivity index (χ0n) is 20.1. The first kappa shape index (κ1) is 28.1. The molecule has 0 aliphatic rings. The molecule has 36 heavy (non-hydrogen) atoms. The molecule has 0 radical (unpaired) electrons. The van der Waals surface area contributed by atoms with Gasteiger partial charge in [0.15, 0.2) is 28.8 Å². The van der Waals surface area contributed by atoms with Crippen LogP contribution in [0.25, 0.3) is 0 Å². The van der Waals surface area contributed by atoms with Crippen LogP contribution in [-0.4, -0.2) is 55.0 Å². The lowest BCUT2D eigenvalue weighted by molar-refractivity contribution is 0.103. The number of guanidine groups is 3. The molecule has 11 nitrogen and oxygen atoms in total. The summed E-state index contributed by atoms with van der Waals surface area (Å²) in [6.07, 6.45) is 1.38. The third-order valence-electron chi connectivity index (χ3n) is 4.76. The summed E-state index contributed by atoms with van der Waals surface area (Å²) >= 11 is 5.31. The van der Waals surface area contributed by atoms with E-state index < -0.39 is 0 Å². The van der Waals surface area contributed by atoms with Gasteiger partial charge in [0.2, 0.25) is 0 Å². The van der Waals surface area contributed by atoms with Crippen molar-refractivity contribution in [3.8, 4) is 0 Å². The van der Waals surface area contributed by atoms with Crippen LogP contribution in [0.15, 0.2) is 69.6 Å². The fourth-order valence-electron chi connectivity index (χ4n) is 2.94. The summed E-state index contributed by atoms with van der Waals surface area (Å²) in [5, 5.41) is 9.54. The molecule has 0 spiro atoms. The van der Waals surface area contributed by atoms with Gasteiger partial charge in [-0.2, -0.15) is 0 Å². The minimum atomic E-state index is 0.000260. The Morgan fingerprint density at radius 1 is 0.750 bits per heavy atom. The van der Waals surface area contributed by atoms with Crippen molar-refractivity contribution < 1.29 is 4.79 Å². The van der Waals surface area contributed by atoms with Gasteiger partial charge in [-0.1, -0.05) is 54.6 Å². The third-order valence-corrected chi connectivity index (χ3v) is 5.05. The van der Waals surface area contributed by atoms with E-state index in [1.54, 1.807) is 0 Å². The van der Waals surface area contributed by atoms with Crippen LogP contribution in [0.1, 0.15) is 34.3 Å². The number of aliphatic imine (C=N–C) groups is 3. The van der Waals surface area contributed by atoms with Gasteiger partial charge in [0.25, 0.3) is 0 Å². The van der Waals surface area contributed by atoms with Gasteiger partial charge in [-0.3, -0.25) is 25.1 Å². The fraction of sp³-hybridized carbons (Fsp3) is 0.292. The maximum Gasteiger partial charge on any atom is 0.195 e. The Morgan fingerprint density at radius 2 is 1.33 bits per heavy atom. The molecule has 0 amide bonds. The first-order valence-corrected chi connectivity index (χ1v) is 11.9. The molecule has 0 atom stereocenters. The van der Waals surface area contributed by atoms with Gasteiger partial charge in [-0.05, 0) is 30.6 Å². The molecule has 0 saturated heterocycles. The highest BCUT2D eigenvalue weighted by Gasteiger charge is 2.08. The molecule has 0 aromatic heterocycles. The number of benzene rings is 2. The quantitative estimate of drug-likeness (QED) is 0.0684. The minimum Gasteiger partial charge on any atom is -0.370 e. The lowest BCUT2D eigenvalue weighted by Gasteiger charge is -2.10. The normalized spacial score (nSPS) is 11.4. The molecule has 192 valence electrons. The van der Waals surface area contributed by atoms with Crippen molar-refractivity contribution in [2.75, 3.05) is 26.2 Å². The van der Waals surface area contributed by atoms with E-state index in [9.17, 15) is 4.79 Å². The number of hydrogen-bond acceptors (Lipinski definition) is 5. The van der Waals surface area contributed by atoms with E-state index in [4.69, 9.17) is 35.2 Å². The standard InChI is InChI=1S/C24H34N10OS/c25-21(26)29-12-4-13-30-22(27)34-23(28)31-14-5-15-32-24(36)33-16-17-8-10-19(11-9-17)20(35)18-6-2-1-3-7-18/h1-3,6-11H,4-5,12-16H2,(H4,25,26,29)(H2,32,33,36)(H5,27,28,30,31,34). The van der Waals surface area contributed by atoms with Crippen molar-refractivity contribution in [2.45, 2.75) is 19.4 Å². The highest BCUT2D eigenvalue weighted by atomic mass is 32.1. The second-order valence-corrected chi connectivity index (χ2v) is 8.08. The van der Waals surface area contributed by atoms with Crippen LogP contribution in [0.3, 0.4) is 0 Å². The molecule has 0 bridgehead atoms. The number of carbonyl (C=O) groups is 1. The molecule has 0 aliphatic heterocycles.